The quantitative estimate of drug-likeness (QED) is 0.591. The van der Waals surface area contributed by atoms with Crippen molar-refractivity contribution in [2.45, 2.75) is 54.6 Å². The van der Waals surface area contributed by atoms with Gasteiger partial charge in [-0.3, -0.25) is 0 Å². The summed E-state index contributed by atoms with van der Waals surface area (Å²) in [4.78, 5) is 0. The second-order valence-corrected chi connectivity index (χ2v) is 5.01. The van der Waals surface area contributed by atoms with Crippen molar-refractivity contribution < 1.29 is 4.74 Å². The average molecular weight is 322 g/mol. The van der Waals surface area contributed by atoms with E-state index in [0.717, 1.165) is 0 Å². The van der Waals surface area contributed by atoms with Crippen molar-refractivity contribution in [3.63, 3.8) is 0 Å². The Morgan fingerprint density at radius 3 is 2.18 bits per heavy atom. The van der Waals surface area contributed by atoms with E-state index >= 15 is 0 Å². The Kier molecular flexibility index (Phi) is 13.3. The van der Waals surface area contributed by atoms with E-state index in [0.29, 0.717) is 16.3 Å². The van der Waals surface area contributed by atoms with Crippen molar-refractivity contribution in [3.8, 4) is 11.8 Å². The maximum absolute atomic E-state index is 8.77. The zero-order chi connectivity index (χ0) is 17.7. The van der Waals surface area contributed by atoms with Crippen LogP contribution in [0.1, 0.15) is 54.0 Å². The second-order valence-electron chi connectivity index (χ2n) is 4.60. The molecule has 0 heterocycles. The molecule has 3 heteroatoms. The first-order valence-electron chi connectivity index (χ1n) is 7.44. The van der Waals surface area contributed by atoms with Crippen molar-refractivity contribution in [2.24, 2.45) is 0 Å². The van der Waals surface area contributed by atoms with Crippen LogP contribution in [-0.4, -0.2) is 6.10 Å². The minimum Gasteiger partial charge on any atom is -0.486 e. The smallest absolute Gasteiger partial charge is 0.121 e. The van der Waals surface area contributed by atoms with Gasteiger partial charge in [0.25, 0.3) is 0 Å². The summed E-state index contributed by atoms with van der Waals surface area (Å²) in [6.07, 6.45) is 1.75. The molecular weight excluding hydrogens is 294 g/mol. The average Bonchev–Trinajstić information content (AvgIpc) is 2.49. The number of ether oxygens (including phenoxy) is 1. The van der Waals surface area contributed by atoms with Crippen molar-refractivity contribution in [2.75, 3.05) is 0 Å². The first kappa shape index (κ1) is 22.6. The third kappa shape index (κ3) is 8.54. The van der Waals surface area contributed by atoms with Crippen molar-refractivity contribution >= 4 is 11.6 Å². The van der Waals surface area contributed by atoms with Gasteiger partial charge in [-0.25, -0.2) is 0 Å². The Labute approximate surface area is 141 Å². The van der Waals surface area contributed by atoms with Crippen molar-refractivity contribution in [1.29, 1.82) is 5.26 Å². The number of hydrogen-bond donors (Lipinski definition) is 0. The molecule has 0 spiro atoms. The summed E-state index contributed by atoms with van der Waals surface area (Å²) in [5.41, 5.74) is 2.91. The summed E-state index contributed by atoms with van der Waals surface area (Å²) in [5.74, 6) is 0.683. The van der Waals surface area contributed by atoms with E-state index in [-0.39, 0.29) is 6.10 Å². The maximum atomic E-state index is 8.77. The maximum Gasteiger partial charge on any atom is 0.121 e. The van der Waals surface area contributed by atoms with Gasteiger partial charge in [0.2, 0.25) is 0 Å². The van der Waals surface area contributed by atoms with Gasteiger partial charge in [-0.1, -0.05) is 37.1 Å². The molecule has 0 N–H and O–H groups in total. The molecular formula is C19H28ClNO. The third-order valence-electron chi connectivity index (χ3n) is 2.77. The number of hydrogen-bond acceptors (Lipinski definition) is 2. The van der Waals surface area contributed by atoms with E-state index in [1.807, 2.05) is 40.7 Å². The topological polar surface area (TPSA) is 33.0 Å². The van der Waals surface area contributed by atoms with E-state index in [4.69, 9.17) is 21.6 Å². The van der Waals surface area contributed by atoms with Gasteiger partial charge in [-0.2, -0.15) is 5.26 Å². The normalized spacial score (nSPS) is 9.77. The van der Waals surface area contributed by atoms with E-state index < -0.39 is 0 Å². The zero-order valence-corrected chi connectivity index (χ0v) is 15.6. The second kappa shape index (κ2) is 13.0. The van der Waals surface area contributed by atoms with E-state index in [2.05, 4.69) is 20.4 Å². The van der Waals surface area contributed by atoms with Crippen LogP contribution in [0.3, 0.4) is 0 Å². The highest BCUT2D eigenvalue weighted by atomic mass is 35.5. The molecule has 1 aromatic carbocycles. The minimum absolute atomic E-state index is 0.00371. The van der Waals surface area contributed by atoms with Gasteiger partial charge < -0.3 is 4.74 Å². The van der Waals surface area contributed by atoms with Gasteiger partial charge in [0, 0.05) is 6.07 Å². The molecule has 1 aromatic rings. The molecule has 0 aliphatic carbocycles. The Morgan fingerprint density at radius 1 is 1.32 bits per heavy atom. The lowest BCUT2D eigenvalue weighted by Gasteiger charge is -2.17. The molecule has 1 rings (SSSR count). The molecule has 22 heavy (non-hydrogen) atoms. The fourth-order valence-electron chi connectivity index (χ4n) is 1.36. The monoisotopic (exact) mass is 321 g/mol. The molecule has 1 unspecified atom stereocenters. The summed E-state index contributed by atoms with van der Waals surface area (Å²) in [6, 6.07) is 7.13. The summed E-state index contributed by atoms with van der Waals surface area (Å²) < 4.78 is 5.77. The fraction of sp³-hybridized carbons (Fsp3) is 0.421. The molecule has 0 bridgehead atoms. The zero-order valence-electron chi connectivity index (χ0n) is 14.8. The molecule has 0 aliphatic rings. The molecule has 0 fully saturated rings. The lowest BCUT2D eigenvalue weighted by Crippen LogP contribution is -2.14. The van der Waals surface area contributed by atoms with E-state index in [1.165, 1.54) is 11.1 Å². The van der Waals surface area contributed by atoms with Gasteiger partial charge >= 0.3 is 0 Å². The highest BCUT2D eigenvalue weighted by Crippen LogP contribution is 2.24. The Balaban J connectivity index is 0. The first-order valence-corrected chi connectivity index (χ1v) is 7.82. The Morgan fingerprint density at radius 2 is 1.82 bits per heavy atom. The van der Waals surface area contributed by atoms with Gasteiger partial charge in [0.15, 0.2) is 0 Å². The van der Waals surface area contributed by atoms with Crippen LogP contribution < -0.4 is 4.74 Å². The number of benzene rings is 1. The molecule has 122 valence electrons. The molecule has 0 aromatic heterocycles. The molecule has 0 radical (unpaired) electrons. The van der Waals surface area contributed by atoms with Gasteiger partial charge in [-0.15, -0.1) is 6.58 Å². The van der Waals surface area contributed by atoms with Crippen LogP contribution in [0.5, 0.6) is 5.75 Å². The number of rotatable bonds is 3. The van der Waals surface area contributed by atoms with E-state index in [9.17, 15) is 0 Å². The van der Waals surface area contributed by atoms with Crippen LogP contribution >= 0.6 is 11.6 Å². The van der Waals surface area contributed by atoms with Crippen LogP contribution in [0, 0.1) is 11.3 Å². The van der Waals surface area contributed by atoms with Gasteiger partial charge in [-0.05, 0) is 52.3 Å². The molecule has 0 amide bonds. The Bertz CT molecular complexity index is 523. The molecule has 0 aliphatic heterocycles. The number of nitriles is 1. The SMILES string of the molecule is C=CC.CC.CC(C)=C(C)C(C)Oc1ccc(C#N)c(Cl)c1. The molecule has 0 saturated heterocycles. The fourth-order valence-corrected chi connectivity index (χ4v) is 1.57. The Hall–Kier alpha value is -1.72. The van der Waals surface area contributed by atoms with Gasteiger partial charge in [0.1, 0.15) is 17.9 Å². The standard InChI is InChI=1S/C14H16ClNO.C3H6.C2H6/c1-9(2)10(3)11(4)17-13-6-5-12(8-16)14(15)7-13;1-3-2;1-2/h5-7,11H,1-4H3;3H,1H2,2H3;1-2H3. The summed E-state index contributed by atoms with van der Waals surface area (Å²) >= 11 is 5.94. The first-order chi connectivity index (χ1) is 10.4. The number of allylic oxidation sites excluding steroid dienone is 2. The number of nitrogens with zero attached hydrogens (tertiary/aromatic N) is 1. The van der Waals surface area contributed by atoms with Crippen molar-refractivity contribution in [3.05, 3.63) is 52.6 Å². The van der Waals surface area contributed by atoms with Crippen LogP contribution in [-0.2, 0) is 0 Å². The highest BCUT2D eigenvalue weighted by Gasteiger charge is 2.09. The predicted molar refractivity (Wildman–Crippen MR) is 97.5 cm³/mol. The lowest BCUT2D eigenvalue weighted by molar-refractivity contribution is 0.256. The van der Waals surface area contributed by atoms with Crippen LogP contribution in [0.4, 0.5) is 0 Å². The summed E-state index contributed by atoms with van der Waals surface area (Å²) in [6.45, 7) is 17.4. The van der Waals surface area contributed by atoms with Crippen LogP contribution in [0.15, 0.2) is 42.0 Å². The predicted octanol–water partition coefficient (Wildman–Crippen LogP) is 6.55. The minimum atomic E-state index is 0.00371. The highest BCUT2D eigenvalue weighted by molar-refractivity contribution is 6.31. The lowest BCUT2D eigenvalue weighted by atomic mass is 10.1. The molecule has 1 atom stereocenters. The molecule has 0 saturated carbocycles. The molecule has 2 nitrogen and oxygen atoms in total. The largest absolute Gasteiger partial charge is 0.486 e. The van der Waals surface area contributed by atoms with Crippen LogP contribution in [0.25, 0.3) is 0 Å². The van der Waals surface area contributed by atoms with Crippen molar-refractivity contribution in [1.82, 2.24) is 0 Å². The third-order valence-corrected chi connectivity index (χ3v) is 3.09. The van der Waals surface area contributed by atoms with E-state index in [1.54, 1.807) is 24.3 Å². The summed E-state index contributed by atoms with van der Waals surface area (Å²) in [5, 5.41) is 9.19. The van der Waals surface area contributed by atoms with Crippen LogP contribution in [0.2, 0.25) is 5.02 Å². The van der Waals surface area contributed by atoms with Gasteiger partial charge in [0.05, 0.1) is 10.6 Å². The summed E-state index contributed by atoms with van der Waals surface area (Å²) in [7, 11) is 0. The number of halogens is 1.